The molecule has 0 radical (unpaired) electrons. The Hall–Kier alpha value is -3.09. The van der Waals surface area contributed by atoms with E-state index in [0.717, 1.165) is 0 Å². The molecule has 27 heavy (non-hydrogen) atoms. The van der Waals surface area contributed by atoms with Crippen LogP contribution in [0, 0.1) is 0 Å². The van der Waals surface area contributed by atoms with Crippen molar-refractivity contribution in [2.24, 2.45) is 5.14 Å². The predicted octanol–water partition coefficient (Wildman–Crippen LogP) is 1.06. The highest BCUT2D eigenvalue weighted by Gasteiger charge is 2.16. The molecular weight excluding hydrogens is 392 g/mol. The second-order valence-electron chi connectivity index (χ2n) is 5.25. The fourth-order valence-electron chi connectivity index (χ4n) is 2.04. The Labute approximate surface area is 155 Å². The van der Waals surface area contributed by atoms with Crippen LogP contribution in [0.3, 0.4) is 0 Å². The number of primary sulfonamides is 1. The third-order valence-electron chi connectivity index (χ3n) is 3.28. The number of benzene rings is 1. The van der Waals surface area contributed by atoms with Crippen molar-refractivity contribution < 1.29 is 16.8 Å². The molecule has 1 aromatic carbocycles. The molecule has 0 saturated carbocycles. The Morgan fingerprint density at radius 1 is 0.889 bits per heavy atom. The largest absolute Gasteiger partial charge is 0.340 e. The van der Waals surface area contributed by atoms with Crippen molar-refractivity contribution in [1.82, 2.24) is 15.0 Å². The summed E-state index contributed by atoms with van der Waals surface area (Å²) < 4.78 is 49.4. The summed E-state index contributed by atoms with van der Waals surface area (Å²) in [5.41, 5.74) is 0.530. The van der Waals surface area contributed by atoms with Crippen molar-refractivity contribution in [3.05, 3.63) is 61.1 Å². The van der Waals surface area contributed by atoms with Crippen LogP contribution in [-0.2, 0) is 20.0 Å². The zero-order valence-corrected chi connectivity index (χ0v) is 15.3. The van der Waals surface area contributed by atoms with Crippen LogP contribution in [0.4, 0.5) is 17.5 Å². The van der Waals surface area contributed by atoms with Gasteiger partial charge in [0.05, 0.1) is 4.90 Å². The minimum Gasteiger partial charge on any atom is -0.340 e. The quantitative estimate of drug-likeness (QED) is 0.548. The van der Waals surface area contributed by atoms with Crippen LogP contribution < -0.4 is 15.2 Å². The highest BCUT2D eigenvalue weighted by Crippen LogP contribution is 2.18. The van der Waals surface area contributed by atoms with Gasteiger partial charge in [0.2, 0.25) is 16.0 Å². The molecule has 0 unspecified atom stereocenters. The van der Waals surface area contributed by atoms with Crippen molar-refractivity contribution in [3.63, 3.8) is 0 Å². The Morgan fingerprint density at radius 3 is 2.26 bits per heavy atom. The first-order chi connectivity index (χ1) is 12.7. The van der Waals surface area contributed by atoms with E-state index in [2.05, 4.69) is 25.0 Å². The van der Waals surface area contributed by atoms with E-state index in [-0.39, 0.29) is 15.7 Å². The molecule has 0 aliphatic carbocycles. The number of nitrogens with one attached hydrogen (secondary N) is 2. The lowest BCUT2D eigenvalue weighted by molar-refractivity contribution is 0.597. The summed E-state index contributed by atoms with van der Waals surface area (Å²) in [4.78, 5) is 11.7. The van der Waals surface area contributed by atoms with Gasteiger partial charge < -0.3 is 5.32 Å². The molecule has 0 saturated heterocycles. The number of sulfonamides is 2. The first-order valence-corrected chi connectivity index (χ1v) is 10.4. The van der Waals surface area contributed by atoms with Crippen LogP contribution in [0.2, 0.25) is 0 Å². The molecule has 0 atom stereocenters. The van der Waals surface area contributed by atoms with Crippen LogP contribution in [0.25, 0.3) is 0 Å². The van der Waals surface area contributed by atoms with E-state index in [1.807, 2.05) is 0 Å². The summed E-state index contributed by atoms with van der Waals surface area (Å²) in [6, 6.07) is 10.1. The fourth-order valence-corrected chi connectivity index (χ4v) is 3.47. The Bertz CT molecular complexity index is 1150. The third kappa shape index (κ3) is 4.75. The van der Waals surface area contributed by atoms with Crippen LogP contribution in [0.1, 0.15) is 0 Å². The second-order valence-corrected chi connectivity index (χ2v) is 8.50. The topological polar surface area (TPSA) is 157 Å². The molecule has 4 N–H and O–H groups in total. The molecule has 0 bridgehead atoms. The molecule has 140 valence electrons. The van der Waals surface area contributed by atoms with E-state index >= 15 is 0 Å². The molecule has 2 aromatic heterocycles. The van der Waals surface area contributed by atoms with Crippen molar-refractivity contribution in [3.8, 4) is 0 Å². The molecule has 0 aliphatic rings. The lowest BCUT2D eigenvalue weighted by Gasteiger charge is -2.09. The molecular formula is C15H14N6O4S2. The standard InChI is InChI=1S/C15H14N6O4S2/c16-26(22,23)12-5-3-11(4-6-12)19-14-7-9-18-15(20-14)21-27(24,25)13-2-1-8-17-10-13/h1-10H,(H2,16,22,23)(H2,18,19,20,21). The molecule has 10 nitrogen and oxygen atoms in total. The first-order valence-electron chi connectivity index (χ1n) is 7.40. The maximum atomic E-state index is 12.3. The van der Waals surface area contributed by atoms with Crippen LogP contribution >= 0.6 is 0 Å². The predicted molar refractivity (Wildman–Crippen MR) is 98.2 cm³/mol. The van der Waals surface area contributed by atoms with E-state index in [9.17, 15) is 16.8 Å². The first kappa shape index (κ1) is 18.7. The van der Waals surface area contributed by atoms with Crippen molar-refractivity contribution >= 4 is 37.5 Å². The fraction of sp³-hybridized carbons (Fsp3) is 0. The maximum Gasteiger partial charge on any atom is 0.265 e. The zero-order valence-electron chi connectivity index (χ0n) is 13.6. The number of anilines is 3. The Kier molecular flexibility index (Phi) is 5.03. The third-order valence-corrected chi connectivity index (χ3v) is 5.52. The summed E-state index contributed by atoms with van der Waals surface area (Å²) in [6.45, 7) is 0. The summed E-state index contributed by atoms with van der Waals surface area (Å²) in [5.74, 6) is 0.169. The number of pyridine rings is 1. The van der Waals surface area contributed by atoms with Gasteiger partial charge in [-0.05, 0) is 42.5 Å². The molecule has 3 rings (SSSR count). The monoisotopic (exact) mass is 406 g/mol. The van der Waals surface area contributed by atoms with Crippen molar-refractivity contribution in [2.75, 3.05) is 10.0 Å². The summed E-state index contributed by atoms with van der Waals surface area (Å²) >= 11 is 0. The minimum atomic E-state index is -3.87. The molecule has 0 amide bonds. The number of aromatic nitrogens is 3. The number of hydrogen-bond acceptors (Lipinski definition) is 8. The van der Waals surface area contributed by atoms with E-state index in [1.54, 1.807) is 0 Å². The molecule has 2 heterocycles. The van der Waals surface area contributed by atoms with Crippen molar-refractivity contribution in [1.29, 1.82) is 0 Å². The molecule has 12 heteroatoms. The second kappa shape index (κ2) is 7.26. The van der Waals surface area contributed by atoms with Crippen LogP contribution in [-0.4, -0.2) is 31.8 Å². The average molecular weight is 406 g/mol. The lowest BCUT2D eigenvalue weighted by Crippen LogP contribution is -2.15. The summed E-state index contributed by atoms with van der Waals surface area (Å²) in [5, 5.41) is 7.96. The minimum absolute atomic E-state index is 0.0226. The van der Waals surface area contributed by atoms with Gasteiger partial charge in [-0.25, -0.2) is 31.7 Å². The normalized spacial score (nSPS) is 11.7. The molecule has 0 fully saturated rings. The van der Waals surface area contributed by atoms with E-state index in [0.29, 0.717) is 11.5 Å². The highest BCUT2D eigenvalue weighted by molar-refractivity contribution is 7.92. The number of nitrogens with zero attached hydrogens (tertiary/aromatic N) is 3. The van der Waals surface area contributed by atoms with Gasteiger partial charge >= 0.3 is 0 Å². The maximum absolute atomic E-state index is 12.3. The number of nitrogens with two attached hydrogens (primary N) is 1. The zero-order chi connectivity index (χ0) is 19.5. The van der Waals surface area contributed by atoms with Gasteiger partial charge in [0.1, 0.15) is 10.7 Å². The van der Waals surface area contributed by atoms with Gasteiger partial charge in [0, 0.05) is 24.3 Å². The van der Waals surface area contributed by atoms with Gasteiger partial charge in [-0.15, -0.1) is 0 Å². The number of rotatable bonds is 6. The lowest BCUT2D eigenvalue weighted by atomic mass is 10.3. The molecule has 0 spiro atoms. The van der Waals surface area contributed by atoms with Gasteiger partial charge in [-0.2, -0.15) is 4.98 Å². The van der Waals surface area contributed by atoms with Crippen LogP contribution in [0.5, 0.6) is 0 Å². The van der Waals surface area contributed by atoms with Crippen molar-refractivity contribution in [2.45, 2.75) is 9.79 Å². The van der Waals surface area contributed by atoms with Gasteiger partial charge in [0.25, 0.3) is 10.0 Å². The summed E-state index contributed by atoms with van der Waals surface area (Å²) in [6.07, 6.45) is 4.04. The van der Waals surface area contributed by atoms with E-state index < -0.39 is 20.0 Å². The van der Waals surface area contributed by atoms with Crippen LogP contribution in [0.15, 0.2) is 70.8 Å². The highest BCUT2D eigenvalue weighted by atomic mass is 32.2. The van der Waals surface area contributed by atoms with Gasteiger partial charge in [-0.1, -0.05) is 0 Å². The van der Waals surface area contributed by atoms with E-state index in [4.69, 9.17) is 5.14 Å². The molecule has 0 aliphatic heterocycles. The summed E-state index contributed by atoms with van der Waals surface area (Å²) in [7, 11) is -7.65. The Morgan fingerprint density at radius 2 is 1.63 bits per heavy atom. The van der Waals surface area contributed by atoms with Gasteiger partial charge in [-0.3, -0.25) is 4.98 Å². The van der Waals surface area contributed by atoms with E-state index in [1.165, 1.54) is 61.1 Å². The molecule has 3 aromatic rings. The van der Waals surface area contributed by atoms with Gasteiger partial charge in [0.15, 0.2) is 0 Å². The smallest absolute Gasteiger partial charge is 0.265 e. The average Bonchev–Trinajstić information content (AvgIpc) is 2.62. The number of hydrogen-bond donors (Lipinski definition) is 3. The Balaban J connectivity index is 1.78. The SMILES string of the molecule is NS(=O)(=O)c1ccc(Nc2ccnc(NS(=O)(=O)c3cccnc3)n2)cc1.